The lowest BCUT2D eigenvalue weighted by Crippen LogP contribution is -2.41. The molecule has 1 saturated heterocycles. The van der Waals surface area contributed by atoms with E-state index >= 15 is 0 Å². The number of carbonyl (C=O) groups is 1. The zero-order valence-electron chi connectivity index (χ0n) is 18.8. The zero-order valence-corrected chi connectivity index (χ0v) is 18.8. The SMILES string of the molecule is CCOc1cccc(N2C[C@@]3(CCC[C@H](CNc4cc(C#N)c(F)cc4[N+](=O)[O-])C3)OC2=O)c1. The highest BCUT2D eigenvalue weighted by Crippen LogP contribution is 2.42. The number of nitriles is 1. The van der Waals surface area contributed by atoms with Crippen LogP contribution in [0.2, 0.25) is 0 Å². The van der Waals surface area contributed by atoms with E-state index in [-0.39, 0.29) is 17.2 Å². The molecule has 4 rings (SSSR count). The highest BCUT2D eigenvalue weighted by Gasteiger charge is 2.48. The van der Waals surface area contributed by atoms with Crippen LogP contribution in [-0.2, 0) is 4.74 Å². The minimum absolute atomic E-state index is 0.0754. The number of carbonyl (C=O) groups excluding carboxylic acids is 1. The third-order valence-corrected chi connectivity index (χ3v) is 6.30. The standard InChI is InChI=1S/C24H25FN4O5/c1-2-33-19-7-3-6-18(10-19)28-15-24(34-23(28)30)8-4-5-16(12-24)14-27-21-9-17(13-26)20(25)11-22(21)29(31)32/h3,6-7,9-11,16,27H,2,4-5,8,12,14-15H2,1H3/t16-,24-/m0/s1. The molecule has 34 heavy (non-hydrogen) atoms. The highest BCUT2D eigenvalue weighted by atomic mass is 19.1. The second kappa shape index (κ2) is 9.55. The van der Waals surface area contributed by atoms with E-state index < -0.39 is 28.1 Å². The molecule has 2 aromatic rings. The third kappa shape index (κ3) is 4.73. The summed E-state index contributed by atoms with van der Waals surface area (Å²) in [6.45, 7) is 3.20. The molecular formula is C24H25FN4O5. The van der Waals surface area contributed by atoms with Crippen LogP contribution in [-0.4, -0.2) is 36.3 Å². The fourth-order valence-corrected chi connectivity index (χ4v) is 4.78. The van der Waals surface area contributed by atoms with E-state index in [4.69, 9.17) is 14.7 Å². The molecule has 1 aliphatic heterocycles. The molecule has 1 spiro atoms. The smallest absolute Gasteiger partial charge is 0.415 e. The Morgan fingerprint density at radius 3 is 2.97 bits per heavy atom. The minimum atomic E-state index is -0.928. The first kappa shape index (κ1) is 23.3. The Balaban J connectivity index is 1.46. The van der Waals surface area contributed by atoms with Crippen molar-refractivity contribution in [1.82, 2.24) is 0 Å². The van der Waals surface area contributed by atoms with Crippen LogP contribution in [0.3, 0.4) is 0 Å². The van der Waals surface area contributed by atoms with Crippen LogP contribution in [0.4, 0.5) is 26.2 Å². The van der Waals surface area contributed by atoms with Crippen molar-refractivity contribution >= 4 is 23.2 Å². The molecule has 1 amide bonds. The van der Waals surface area contributed by atoms with Gasteiger partial charge in [0.15, 0.2) is 0 Å². The summed E-state index contributed by atoms with van der Waals surface area (Å²) in [5, 5.41) is 23.4. The summed E-state index contributed by atoms with van der Waals surface area (Å²) in [7, 11) is 0. The molecule has 9 nitrogen and oxygen atoms in total. The van der Waals surface area contributed by atoms with Gasteiger partial charge < -0.3 is 14.8 Å². The van der Waals surface area contributed by atoms with E-state index in [1.54, 1.807) is 11.0 Å². The fraction of sp³-hybridized carbons (Fsp3) is 0.417. The lowest BCUT2D eigenvalue weighted by molar-refractivity contribution is -0.384. The summed E-state index contributed by atoms with van der Waals surface area (Å²) in [5.41, 5.74) is -0.521. The summed E-state index contributed by atoms with van der Waals surface area (Å²) < 4.78 is 25.3. The number of nitro benzene ring substituents is 1. The number of halogens is 1. The molecule has 1 saturated carbocycles. The molecule has 2 atom stereocenters. The van der Waals surface area contributed by atoms with Crippen molar-refractivity contribution in [2.24, 2.45) is 5.92 Å². The van der Waals surface area contributed by atoms with E-state index in [9.17, 15) is 19.3 Å². The first-order valence-electron chi connectivity index (χ1n) is 11.2. The molecule has 10 heteroatoms. The van der Waals surface area contributed by atoms with Crippen LogP contribution in [0.1, 0.15) is 38.2 Å². The Hall–Kier alpha value is -3.87. The summed E-state index contributed by atoms with van der Waals surface area (Å²) in [4.78, 5) is 25.0. The number of amides is 1. The number of anilines is 2. The molecule has 0 radical (unpaired) electrons. The summed E-state index contributed by atoms with van der Waals surface area (Å²) in [6, 6.07) is 10.9. The van der Waals surface area contributed by atoms with Gasteiger partial charge >= 0.3 is 6.09 Å². The molecule has 0 unspecified atom stereocenters. The first-order valence-corrected chi connectivity index (χ1v) is 11.2. The summed E-state index contributed by atoms with van der Waals surface area (Å²) in [6.07, 6.45) is 2.60. The maximum absolute atomic E-state index is 13.9. The highest BCUT2D eigenvalue weighted by molar-refractivity contribution is 5.90. The van der Waals surface area contributed by atoms with Crippen molar-refractivity contribution in [1.29, 1.82) is 5.26 Å². The van der Waals surface area contributed by atoms with E-state index in [1.165, 1.54) is 0 Å². The van der Waals surface area contributed by atoms with Crippen molar-refractivity contribution in [3.8, 4) is 11.8 Å². The lowest BCUT2D eigenvalue weighted by Gasteiger charge is -2.36. The van der Waals surface area contributed by atoms with Crippen LogP contribution in [0.5, 0.6) is 5.75 Å². The Morgan fingerprint density at radius 1 is 1.41 bits per heavy atom. The molecule has 0 aromatic heterocycles. The molecule has 2 fully saturated rings. The molecule has 178 valence electrons. The van der Waals surface area contributed by atoms with Crippen LogP contribution >= 0.6 is 0 Å². The number of nitro groups is 1. The number of ether oxygens (including phenoxy) is 2. The number of nitrogens with one attached hydrogen (secondary N) is 1. The maximum Gasteiger partial charge on any atom is 0.415 e. The van der Waals surface area contributed by atoms with Crippen LogP contribution in [0.15, 0.2) is 36.4 Å². The van der Waals surface area contributed by atoms with Crippen molar-refractivity contribution in [3.63, 3.8) is 0 Å². The van der Waals surface area contributed by atoms with Crippen molar-refractivity contribution < 1.29 is 23.6 Å². The zero-order chi connectivity index (χ0) is 24.3. The lowest BCUT2D eigenvalue weighted by atomic mass is 9.78. The maximum atomic E-state index is 13.9. The largest absolute Gasteiger partial charge is 0.494 e. The molecule has 0 bridgehead atoms. The van der Waals surface area contributed by atoms with Crippen LogP contribution in [0.25, 0.3) is 0 Å². The van der Waals surface area contributed by atoms with E-state index in [1.807, 2.05) is 31.2 Å². The average molecular weight is 468 g/mol. The fourth-order valence-electron chi connectivity index (χ4n) is 4.78. The van der Waals surface area contributed by atoms with E-state index in [0.29, 0.717) is 37.6 Å². The van der Waals surface area contributed by atoms with Gasteiger partial charge in [-0.25, -0.2) is 9.18 Å². The Bertz CT molecular complexity index is 1150. The van der Waals surface area contributed by atoms with Crippen LogP contribution in [0, 0.1) is 33.2 Å². The van der Waals surface area contributed by atoms with Crippen molar-refractivity contribution in [2.45, 2.75) is 38.2 Å². The normalized spacial score (nSPS) is 21.7. The van der Waals surface area contributed by atoms with Gasteiger partial charge in [-0.3, -0.25) is 15.0 Å². The summed E-state index contributed by atoms with van der Waals surface area (Å²) in [5.74, 6) is -0.175. The molecular weight excluding hydrogens is 443 g/mol. The van der Waals surface area contributed by atoms with Crippen molar-refractivity contribution in [2.75, 3.05) is 29.9 Å². The number of hydrogen-bond acceptors (Lipinski definition) is 7. The second-order valence-electron chi connectivity index (χ2n) is 8.63. The van der Waals surface area contributed by atoms with Gasteiger partial charge in [-0.1, -0.05) is 6.07 Å². The molecule has 1 heterocycles. The molecule has 1 N–H and O–H groups in total. The van der Waals surface area contributed by atoms with E-state index in [0.717, 1.165) is 31.4 Å². The number of hydrogen-bond donors (Lipinski definition) is 1. The van der Waals surface area contributed by atoms with Gasteiger partial charge in [-0.2, -0.15) is 5.26 Å². The van der Waals surface area contributed by atoms with Gasteiger partial charge in [0.25, 0.3) is 5.69 Å². The number of benzene rings is 2. The average Bonchev–Trinajstić information content (AvgIpc) is 3.13. The van der Waals surface area contributed by atoms with Gasteiger partial charge in [-0.15, -0.1) is 0 Å². The monoisotopic (exact) mass is 468 g/mol. The van der Waals surface area contributed by atoms with Gasteiger partial charge in [0.2, 0.25) is 0 Å². The van der Waals surface area contributed by atoms with Gasteiger partial charge in [0, 0.05) is 12.6 Å². The molecule has 2 aromatic carbocycles. The van der Waals surface area contributed by atoms with Gasteiger partial charge in [-0.05, 0) is 56.7 Å². The van der Waals surface area contributed by atoms with Crippen LogP contribution < -0.4 is 15.0 Å². The second-order valence-corrected chi connectivity index (χ2v) is 8.63. The molecule has 1 aliphatic carbocycles. The Kier molecular flexibility index (Phi) is 6.54. The van der Waals surface area contributed by atoms with Crippen molar-refractivity contribution in [3.05, 3.63) is 57.9 Å². The quantitative estimate of drug-likeness (QED) is 0.449. The topological polar surface area (TPSA) is 118 Å². The predicted molar refractivity (Wildman–Crippen MR) is 122 cm³/mol. The molecule has 2 aliphatic rings. The minimum Gasteiger partial charge on any atom is -0.494 e. The predicted octanol–water partition coefficient (Wildman–Crippen LogP) is 5.00. The van der Waals surface area contributed by atoms with E-state index in [2.05, 4.69) is 5.32 Å². The van der Waals surface area contributed by atoms with Gasteiger partial charge in [0.05, 0.1) is 35.4 Å². The first-order chi connectivity index (χ1) is 16.3. The number of rotatable bonds is 7. The number of nitrogens with zero attached hydrogens (tertiary/aromatic N) is 3. The Labute approximate surface area is 196 Å². The Morgan fingerprint density at radius 2 is 2.24 bits per heavy atom. The third-order valence-electron chi connectivity index (χ3n) is 6.30. The van der Waals surface area contributed by atoms with Gasteiger partial charge in [0.1, 0.15) is 28.9 Å². The summed E-state index contributed by atoms with van der Waals surface area (Å²) >= 11 is 0.